The van der Waals surface area contributed by atoms with Crippen LogP contribution in [-0.2, 0) is 41.5 Å². The molecule has 0 N–H and O–H groups in total. The lowest BCUT2D eigenvalue weighted by atomic mass is 10.0. The van der Waals surface area contributed by atoms with Gasteiger partial charge in [0.15, 0.2) is 13.5 Å². The number of hydrogen-bond donors (Lipinski definition) is 0. The molecule has 0 saturated carbocycles. The van der Waals surface area contributed by atoms with Crippen molar-refractivity contribution in [2.75, 3.05) is 112 Å². The molecule has 0 radical (unpaired) electrons. The zero-order chi connectivity index (χ0) is 58.9. The maximum Gasteiger partial charge on any atom is 0.307 e. The van der Waals surface area contributed by atoms with E-state index in [1.54, 1.807) is 9.80 Å². The van der Waals surface area contributed by atoms with Crippen molar-refractivity contribution in [3.8, 4) is 11.5 Å². The summed E-state index contributed by atoms with van der Waals surface area (Å²) in [5.74, 6) is 0.816. The number of esters is 2. The van der Waals surface area contributed by atoms with Gasteiger partial charge in [-0.15, -0.1) is 0 Å². The van der Waals surface area contributed by atoms with Gasteiger partial charge in [0, 0.05) is 90.2 Å². The number of carbonyl (C=O) groups excluding carboxylic acids is 4. The maximum absolute atomic E-state index is 13.0. The van der Waals surface area contributed by atoms with E-state index < -0.39 is 0 Å². The van der Waals surface area contributed by atoms with E-state index in [4.69, 9.17) is 65.4 Å². The van der Waals surface area contributed by atoms with Crippen molar-refractivity contribution in [1.29, 1.82) is 0 Å². The van der Waals surface area contributed by atoms with E-state index in [0.29, 0.717) is 71.8 Å². The van der Waals surface area contributed by atoms with Gasteiger partial charge in [0.1, 0.15) is 11.5 Å². The van der Waals surface area contributed by atoms with Gasteiger partial charge in [-0.1, -0.05) is 148 Å². The van der Waals surface area contributed by atoms with Gasteiger partial charge in [-0.3, -0.25) is 38.8 Å². The van der Waals surface area contributed by atoms with E-state index in [1.807, 2.05) is 72.8 Å². The number of hydrogen-bond acceptors (Lipinski definition) is 12. The molecule has 4 heterocycles. The topological polar surface area (TPSA) is 125 Å². The summed E-state index contributed by atoms with van der Waals surface area (Å²) in [6.45, 7) is 10.5. The van der Waals surface area contributed by atoms with Crippen molar-refractivity contribution in [2.45, 2.75) is 154 Å². The molecule has 4 aromatic carbocycles. The predicted octanol–water partition coefficient (Wildman–Crippen LogP) is 14.8. The standard InChI is InChI=1S/C66H88Cl4N6O8/c67-55-21-19-23-57(65(55)69)73-41-37-71(38-42-73)35-15-17-45-81-53-31-27-51-29-33-61(77)75(59(51)47-53)49-83-63(79)25-13-11-9-7-5-3-1-2-4-6-8-10-12-14-26-64(80)84-50-76-60-48-54(32-28-52(60)30-34-62(76)78)82-46-18-16-36-72-39-43-74(44-40-72)58-24-20-22-56(68)66(58)70/h19-24,27-28,31-32,47-48H,1-18,25-26,29-30,33-46,49-50H2. The third-order valence-corrected chi connectivity index (χ3v) is 18.4. The van der Waals surface area contributed by atoms with Crippen LogP contribution in [0.2, 0.25) is 20.1 Å². The Hall–Kier alpha value is -4.96. The van der Waals surface area contributed by atoms with Gasteiger partial charge in [0.05, 0.1) is 56.1 Å². The Labute approximate surface area is 519 Å². The van der Waals surface area contributed by atoms with Crippen LogP contribution in [0.1, 0.15) is 152 Å². The Bertz CT molecular complexity index is 2550. The van der Waals surface area contributed by atoms with Gasteiger partial charge in [-0.25, -0.2) is 0 Å². The SMILES string of the molecule is O=C(CCCCCCCCCCCCCCCCC(=O)OCN1C(=O)CCc2ccc(OCCCCN3CCN(c4cccc(Cl)c4Cl)CC3)cc21)OCN1C(=O)CCc2ccc(OCCCCN3CCN(c4cccc(Cl)c4Cl)CC3)cc21. The van der Waals surface area contributed by atoms with Gasteiger partial charge in [0.25, 0.3) is 0 Å². The van der Waals surface area contributed by atoms with E-state index in [9.17, 15) is 19.2 Å². The van der Waals surface area contributed by atoms with Gasteiger partial charge in [0.2, 0.25) is 11.8 Å². The second-order valence-electron chi connectivity index (χ2n) is 22.9. The first-order valence-electron chi connectivity index (χ1n) is 31.3. The molecular formula is C66H88Cl4N6O8. The second-order valence-corrected chi connectivity index (χ2v) is 24.4. The molecule has 4 aromatic rings. The van der Waals surface area contributed by atoms with E-state index in [2.05, 4.69) is 19.6 Å². The van der Waals surface area contributed by atoms with Crippen molar-refractivity contribution in [3.63, 3.8) is 0 Å². The second kappa shape index (κ2) is 35.0. The lowest BCUT2D eigenvalue weighted by Crippen LogP contribution is -2.46. The lowest BCUT2D eigenvalue weighted by molar-refractivity contribution is -0.145. The molecule has 0 aliphatic carbocycles. The van der Waals surface area contributed by atoms with Gasteiger partial charge in [-0.05, 0) is 112 Å². The molecule has 14 nitrogen and oxygen atoms in total. The minimum absolute atomic E-state index is 0.0429. The number of benzene rings is 4. The van der Waals surface area contributed by atoms with Crippen molar-refractivity contribution in [1.82, 2.24) is 9.80 Å². The minimum Gasteiger partial charge on any atom is -0.494 e. The minimum atomic E-state index is -0.267. The van der Waals surface area contributed by atoms with Crippen LogP contribution in [0, 0.1) is 0 Å². The number of anilines is 4. The van der Waals surface area contributed by atoms with E-state index in [-0.39, 0.29) is 37.2 Å². The Balaban J connectivity index is 0.584. The number of halogens is 4. The van der Waals surface area contributed by atoms with Crippen molar-refractivity contribution in [2.24, 2.45) is 0 Å². The van der Waals surface area contributed by atoms with Gasteiger partial charge in [-0.2, -0.15) is 0 Å². The first-order chi connectivity index (χ1) is 41.0. The average molecular weight is 1240 g/mol. The highest BCUT2D eigenvalue weighted by Crippen LogP contribution is 2.36. The molecule has 84 heavy (non-hydrogen) atoms. The Morgan fingerprint density at radius 3 is 1.15 bits per heavy atom. The first-order valence-corrected chi connectivity index (χ1v) is 32.8. The molecule has 458 valence electrons. The molecule has 0 unspecified atom stereocenters. The summed E-state index contributed by atoms with van der Waals surface area (Å²) in [6, 6.07) is 23.4. The van der Waals surface area contributed by atoms with Crippen molar-refractivity contribution < 1.29 is 38.1 Å². The molecule has 0 aromatic heterocycles. The summed E-state index contributed by atoms with van der Waals surface area (Å²) < 4.78 is 23.5. The third-order valence-electron chi connectivity index (χ3n) is 16.8. The Kier molecular flexibility index (Phi) is 27.1. The number of ether oxygens (including phenoxy) is 4. The molecule has 0 atom stereocenters. The Morgan fingerprint density at radius 2 is 0.774 bits per heavy atom. The highest BCUT2D eigenvalue weighted by atomic mass is 35.5. The number of piperazine rings is 2. The van der Waals surface area contributed by atoms with Crippen LogP contribution in [-0.4, -0.2) is 126 Å². The number of carbonyl (C=O) groups is 4. The van der Waals surface area contributed by atoms with Crippen LogP contribution in [0.3, 0.4) is 0 Å². The normalized spacial score (nSPS) is 15.8. The van der Waals surface area contributed by atoms with Gasteiger partial charge >= 0.3 is 11.9 Å². The van der Waals surface area contributed by atoms with Crippen LogP contribution in [0.5, 0.6) is 11.5 Å². The number of aryl methyl sites for hydroxylation is 2. The molecule has 2 saturated heterocycles. The average Bonchev–Trinajstić information content (AvgIpc) is 2.83. The fraction of sp³-hybridized carbons (Fsp3) is 0.576. The van der Waals surface area contributed by atoms with Crippen LogP contribution in [0.15, 0.2) is 72.8 Å². The largest absolute Gasteiger partial charge is 0.494 e. The summed E-state index contributed by atoms with van der Waals surface area (Å²) >= 11 is 25.4. The molecule has 4 aliphatic rings. The summed E-state index contributed by atoms with van der Waals surface area (Å²) in [5, 5.41) is 2.41. The highest BCUT2D eigenvalue weighted by Gasteiger charge is 2.28. The highest BCUT2D eigenvalue weighted by molar-refractivity contribution is 6.44. The van der Waals surface area contributed by atoms with Crippen molar-refractivity contribution in [3.05, 3.63) is 104 Å². The Morgan fingerprint density at radius 1 is 0.405 bits per heavy atom. The molecule has 0 bridgehead atoms. The maximum atomic E-state index is 13.0. The first kappa shape index (κ1) is 65.0. The predicted molar refractivity (Wildman–Crippen MR) is 340 cm³/mol. The van der Waals surface area contributed by atoms with E-state index in [0.717, 1.165) is 175 Å². The van der Waals surface area contributed by atoms with Crippen LogP contribution < -0.4 is 29.1 Å². The van der Waals surface area contributed by atoms with Gasteiger partial charge < -0.3 is 28.7 Å². The molecule has 0 spiro atoms. The fourth-order valence-electron chi connectivity index (χ4n) is 11.7. The van der Waals surface area contributed by atoms with Crippen LogP contribution in [0.4, 0.5) is 22.7 Å². The molecular weight excluding hydrogens is 1150 g/mol. The number of amides is 2. The summed E-state index contributed by atoms with van der Waals surface area (Å²) in [7, 11) is 0. The van der Waals surface area contributed by atoms with Crippen LogP contribution >= 0.6 is 46.4 Å². The quantitative estimate of drug-likeness (QED) is 0.0322. The number of rotatable bonds is 35. The molecule has 8 rings (SSSR count). The number of nitrogens with zero attached hydrogens (tertiary/aromatic N) is 6. The van der Waals surface area contributed by atoms with Crippen molar-refractivity contribution >= 4 is 92.9 Å². The monoisotopic (exact) mass is 1230 g/mol. The third kappa shape index (κ3) is 20.3. The van der Waals surface area contributed by atoms with E-state index >= 15 is 0 Å². The number of fused-ring (bicyclic) bond motifs is 2. The smallest absolute Gasteiger partial charge is 0.307 e. The summed E-state index contributed by atoms with van der Waals surface area (Å²) in [4.78, 5) is 64.2. The molecule has 18 heteroatoms. The lowest BCUT2D eigenvalue weighted by Gasteiger charge is -2.36. The van der Waals surface area contributed by atoms with Crippen LogP contribution in [0.25, 0.3) is 0 Å². The molecule has 2 fully saturated rings. The zero-order valence-electron chi connectivity index (χ0n) is 49.3. The number of unbranched alkanes of at least 4 members (excludes halogenated alkanes) is 15. The molecule has 2 amide bonds. The summed E-state index contributed by atoms with van der Waals surface area (Å²) in [5.41, 5.74) is 5.64. The fourth-order valence-corrected chi connectivity index (χ4v) is 12.6. The van der Waals surface area contributed by atoms with E-state index in [1.165, 1.54) is 51.4 Å². The zero-order valence-corrected chi connectivity index (χ0v) is 52.3. The summed E-state index contributed by atoms with van der Waals surface area (Å²) in [6.07, 6.45) is 22.2. The molecule has 4 aliphatic heterocycles.